The van der Waals surface area contributed by atoms with Crippen LogP contribution < -0.4 is 0 Å². The molecule has 102 valence electrons. The van der Waals surface area contributed by atoms with E-state index in [1.165, 1.54) is 23.1 Å². The van der Waals surface area contributed by atoms with Crippen LogP contribution in [0, 0.1) is 10.1 Å². The van der Waals surface area contributed by atoms with Crippen LogP contribution in [0.15, 0.2) is 18.2 Å². The first-order chi connectivity index (χ1) is 9.00. The van der Waals surface area contributed by atoms with E-state index in [-0.39, 0.29) is 16.3 Å². The molecule has 19 heavy (non-hydrogen) atoms. The Balaban J connectivity index is 2.31. The Labute approximate surface area is 117 Å². The van der Waals surface area contributed by atoms with Crippen LogP contribution in [0.25, 0.3) is 0 Å². The molecule has 1 fully saturated rings. The van der Waals surface area contributed by atoms with Crippen LogP contribution >= 0.6 is 11.6 Å². The fourth-order valence-corrected chi connectivity index (χ4v) is 3.18. The lowest BCUT2D eigenvalue weighted by Crippen LogP contribution is -2.42. The summed E-state index contributed by atoms with van der Waals surface area (Å²) in [4.78, 5) is 24.0. The molecule has 0 atom stereocenters. The zero-order valence-corrected chi connectivity index (χ0v) is 11.4. The van der Waals surface area contributed by atoms with Gasteiger partial charge in [0.2, 0.25) is 0 Å². The van der Waals surface area contributed by atoms with Gasteiger partial charge in [-0.15, -0.1) is 0 Å². The number of carbonyl (C=O) groups is 1. The summed E-state index contributed by atoms with van der Waals surface area (Å²) in [7, 11) is -0.906. The lowest BCUT2D eigenvalue weighted by atomic mass is 10.1. The fourth-order valence-electron chi connectivity index (χ4n) is 1.88. The highest BCUT2D eigenvalue weighted by atomic mass is 35.5. The van der Waals surface area contributed by atoms with Crippen molar-refractivity contribution in [2.45, 2.75) is 0 Å². The van der Waals surface area contributed by atoms with Crippen LogP contribution in [0.3, 0.4) is 0 Å². The van der Waals surface area contributed by atoms with Crippen molar-refractivity contribution >= 4 is 34.0 Å². The van der Waals surface area contributed by atoms with Gasteiger partial charge in [-0.3, -0.25) is 19.1 Å². The maximum absolute atomic E-state index is 12.2. The van der Waals surface area contributed by atoms with Crippen LogP contribution in [0.4, 0.5) is 5.69 Å². The third-order valence-electron chi connectivity index (χ3n) is 2.86. The molecule has 1 aliphatic rings. The van der Waals surface area contributed by atoms with Crippen molar-refractivity contribution in [3.05, 3.63) is 38.9 Å². The molecule has 0 aliphatic carbocycles. The standard InChI is InChI=1S/C11H11ClN2O4S/c12-9-3-1-2-8(10(9)14(16)17)11(15)13-4-6-19(18)7-5-13/h1-3H,4-7H2. The fraction of sp³-hybridized carbons (Fsp3) is 0.364. The summed E-state index contributed by atoms with van der Waals surface area (Å²) in [5, 5.41) is 10.9. The topological polar surface area (TPSA) is 80.5 Å². The summed E-state index contributed by atoms with van der Waals surface area (Å²) in [6, 6.07) is 4.27. The predicted octanol–water partition coefficient (Wildman–Crippen LogP) is 1.45. The minimum atomic E-state index is -0.906. The van der Waals surface area contributed by atoms with Gasteiger partial charge >= 0.3 is 5.69 Å². The van der Waals surface area contributed by atoms with Gasteiger partial charge < -0.3 is 4.90 Å². The van der Waals surface area contributed by atoms with Crippen LogP contribution in [-0.2, 0) is 10.8 Å². The summed E-state index contributed by atoms with van der Waals surface area (Å²) in [5.41, 5.74) is -0.397. The molecule has 0 N–H and O–H groups in total. The monoisotopic (exact) mass is 302 g/mol. The van der Waals surface area contributed by atoms with Gasteiger partial charge in [0.25, 0.3) is 5.91 Å². The van der Waals surface area contributed by atoms with Crippen LogP contribution in [-0.4, -0.2) is 44.5 Å². The van der Waals surface area contributed by atoms with E-state index in [4.69, 9.17) is 11.6 Å². The number of para-hydroxylation sites is 1. The van der Waals surface area contributed by atoms with Crippen LogP contribution in [0.5, 0.6) is 0 Å². The molecular weight excluding hydrogens is 292 g/mol. The molecule has 1 amide bonds. The van der Waals surface area contributed by atoms with Gasteiger partial charge in [0, 0.05) is 35.4 Å². The van der Waals surface area contributed by atoms with E-state index in [0.717, 1.165) is 0 Å². The van der Waals surface area contributed by atoms with Crippen molar-refractivity contribution in [2.24, 2.45) is 0 Å². The van der Waals surface area contributed by atoms with Gasteiger partial charge in [0.05, 0.1) is 4.92 Å². The number of halogens is 1. The molecule has 2 rings (SSSR count). The Kier molecular flexibility index (Phi) is 4.16. The first kappa shape index (κ1) is 14.0. The van der Waals surface area contributed by atoms with Gasteiger partial charge in [-0.25, -0.2) is 0 Å². The molecule has 1 aromatic carbocycles. The first-order valence-corrected chi connectivity index (χ1v) is 7.44. The molecule has 1 aliphatic heterocycles. The predicted molar refractivity (Wildman–Crippen MR) is 71.9 cm³/mol. The van der Waals surface area contributed by atoms with Crippen molar-refractivity contribution in [1.82, 2.24) is 4.90 Å². The highest BCUT2D eigenvalue weighted by molar-refractivity contribution is 7.85. The lowest BCUT2D eigenvalue weighted by molar-refractivity contribution is -0.385. The van der Waals surface area contributed by atoms with Gasteiger partial charge in [-0.05, 0) is 12.1 Å². The van der Waals surface area contributed by atoms with Gasteiger partial charge in [-0.1, -0.05) is 17.7 Å². The maximum Gasteiger partial charge on any atom is 0.300 e. The average Bonchev–Trinajstić information content (AvgIpc) is 2.38. The Morgan fingerprint density at radius 1 is 1.37 bits per heavy atom. The van der Waals surface area contributed by atoms with Crippen molar-refractivity contribution in [2.75, 3.05) is 24.6 Å². The first-order valence-electron chi connectivity index (χ1n) is 5.58. The number of nitro groups is 1. The molecule has 0 radical (unpaired) electrons. The summed E-state index contributed by atoms with van der Waals surface area (Å²) in [5.74, 6) is 0.367. The molecule has 1 heterocycles. The normalized spacial score (nSPS) is 16.4. The second-order valence-electron chi connectivity index (χ2n) is 4.03. The van der Waals surface area contributed by atoms with E-state index >= 15 is 0 Å². The molecule has 1 aromatic rings. The Morgan fingerprint density at radius 2 is 2.00 bits per heavy atom. The molecule has 0 bridgehead atoms. The Bertz CT molecular complexity index is 554. The van der Waals surface area contributed by atoms with E-state index in [0.29, 0.717) is 24.6 Å². The highest BCUT2D eigenvalue weighted by Crippen LogP contribution is 2.29. The molecular formula is C11H11ClN2O4S. The third-order valence-corrected chi connectivity index (χ3v) is 4.45. The summed E-state index contributed by atoms with van der Waals surface area (Å²) in [6.07, 6.45) is 0. The second-order valence-corrected chi connectivity index (χ2v) is 6.14. The number of amides is 1. The summed E-state index contributed by atoms with van der Waals surface area (Å²) < 4.78 is 11.2. The number of nitrogens with zero attached hydrogens (tertiary/aromatic N) is 2. The minimum Gasteiger partial charge on any atom is -0.337 e. The summed E-state index contributed by atoms with van der Waals surface area (Å²) >= 11 is 5.77. The van der Waals surface area contributed by atoms with Crippen molar-refractivity contribution in [1.29, 1.82) is 0 Å². The zero-order valence-electron chi connectivity index (χ0n) is 9.87. The number of hydrogen-bond donors (Lipinski definition) is 0. The minimum absolute atomic E-state index is 0.0230. The van der Waals surface area contributed by atoms with E-state index < -0.39 is 21.6 Å². The van der Waals surface area contributed by atoms with E-state index in [1.807, 2.05) is 0 Å². The quantitative estimate of drug-likeness (QED) is 0.612. The molecule has 0 spiro atoms. The summed E-state index contributed by atoms with van der Waals surface area (Å²) in [6.45, 7) is 0.685. The van der Waals surface area contributed by atoms with Crippen LogP contribution in [0.2, 0.25) is 5.02 Å². The largest absolute Gasteiger partial charge is 0.337 e. The van der Waals surface area contributed by atoms with Crippen molar-refractivity contribution in [3.8, 4) is 0 Å². The third kappa shape index (κ3) is 2.93. The zero-order chi connectivity index (χ0) is 14.0. The SMILES string of the molecule is O=C(c1cccc(Cl)c1[N+](=O)[O-])N1CCS(=O)CC1. The van der Waals surface area contributed by atoms with Crippen molar-refractivity contribution in [3.63, 3.8) is 0 Å². The molecule has 6 nitrogen and oxygen atoms in total. The highest BCUT2D eigenvalue weighted by Gasteiger charge is 2.28. The molecule has 0 aromatic heterocycles. The van der Waals surface area contributed by atoms with E-state index in [1.54, 1.807) is 0 Å². The lowest BCUT2D eigenvalue weighted by Gasteiger charge is -2.26. The van der Waals surface area contributed by atoms with Gasteiger partial charge in [0.1, 0.15) is 10.6 Å². The Hall–Kier alpha value is -1.47. The van der Waals surface area contributed by atoms with E-state index in [2.05, 4.69) is 0 Å². The second kappa shape index (κ2) is 5.66. The number of rotatable bonds is 2. The smallest absolute Gasteiger partial charge is 0.300 e. The molecule has 0 unspecified atom stereocenters. The van der Waals surface area contributed by atoms with Gasteiger partial charge in [-0.2, -0.15) is 0 Å². The number of benzene rings is 1. The number of carbonyl (C=O) groups excluding carboxylic acids is 1. The van der Waals surface area contributed by atoms with Crippen molar-refractivity contribution < 1.29 is 13.9 Å². The van der Waals surface area contributed by atoms with E-state index in [9.17, 15) is 19.1 Å². The maximum atomic E-state index is 12.2. The Morgan fingerprint density at radius 3 is 2.58 bits per heavy atom. The van der Waals surface area contributed by atoms with Gasteiger partial charge in [0.15, 0.2) is 0 Å². The number of nitro benzene ring substituents is 1. The molecule has 1 saturated heterocycles. The van der Waals surface area contributed by atoms with Crippen LogP contribution in [0.1, 0.15) is 10.4 Å². The molecule has 8 heteroatoms. The number of hydrogen-bond acceptors (Lipinski definition) is 4. The average molecular weight is 303 g/mol. The molecule has 0 saturated carbocycles.